The molecular formula is C20H25N5O2S. The lowest BCUT2D eigenvalue weighted by Gasteiger charge is -2.35. The van der Waals surface area contributed by atoms with Crippen LogP contribution in [-0.4, -0.2) is 53.3 Å². The van der Waals surface area contributed by atoms with E-state index in [1.807, 2.05) is 37.6 Å². The van der Waals surface area contributed by atoms with E-state index in [2.05, 4.69) is 25.1 Å². The quantitative estimate of drug-likeness (QED) is 0.688. The Morgan fingerprint density at radius 3 is 2.93 bits per heavy atom. The lowest BCUT2D eigenvalue weighted by Crippen LogP contribution is -2.46. The molecular weight excluding hydrogens is 374 g/mol. The number of nitrogens with zero attached hydrogens (tertiary/aromatic N) is 4. The van der Waals surface area contributed by atoms with Gasteiger partial charge in [0.25, 0.3) is 0 Å². The number of aryl methyl sites for hydroxylation is 1. The molecule has 8 heteroatoms. The third-order valence-electron chi connectivity index (χ3n) is 5.07. The maximum absolute atomic E-state index is 5.54. The van der Waals surface area contributed by atoms with Crippen LogP contribution in [0.25, 0.3) is 10.6 Å². The fourth-order valence-corrected chi connectivity index (χ4v) is 4.42. The number of thiazole rings is 1. The van der Waals surface area contributed by atoms with E-state index in [-0.39, 0.29) is 6.04 Å². The lowest BCUT2D eigenvalue weighted by atomic mass is 10.1. The summed E-state index contributed by atoms with van der Waals surface area (Å²) in [5.74, 6) is 2.63. The van der Waals surface area contributed by atoms with E-state index >= 15 is 0 Å². The Hall–Kier alpha value is -2.42. The number of ether oxygens (including phenoxy) is 2. The summed E-state index contributed by atoms with van der Waals surface area (Å²) in [5.41, 5.74) is 2.06. The van der Waals surface area contributed by atoms with E-state index in [0.29, 0.717) is 0 Å². The number of hydrogen-bond donors (Lipinski definition) is 1. The first-order valence-electron chi connectivity index (χ1n) is 9.28. The van der Waals surface area contributed by atoms with Crippen molar-refractivity contribution in [2.45, 2.75) is 12.6 Å². The topological polar surface area (TPSA) is 64.4 Å². The second kappa shape index (κ2) is 8.30. The number of nitrogens with one attached hydrogen (secondary N) is 1. The zero-order valence-corrected chi connectivity index (χ0v) is 17.2. The van der Waals surface area contributed by atoms with Crippen molar-refractivity contribution in [2.75, 3.05) is 33.9 Å². The molecule has 7 nitrogen and oxygen atoms in total. The average molecular weight is 400 g/mol. The lowest BCUT2D eigenvalue weighted by molar-refractivity contribution is 0.143. The highest BCUT2D eigenvalue weighted by atomic mass is 32.1. The Balaban J connectivity index is 1.55. The van der Waals surface area contributed by atoms with Crippen LogP contribution in [0.4, 0.5) is 0 Å². The first kappa shape index (κ1) is 18.9. The molecule has 3 heterocycles. The molecule has 3 aromatic rings. The number of aromatic nitrogens is 3. The van der Waals surface area contributed by atoms with Crippen LogP contribution in [0.1, 0.15) is 17.6 Å². The highest BCUT2D eigenvalue weighted by Gasteiger charge is 2.27. The first-order chi connectivity index (χ1) is 13.7. The van der Waals surface area contributed by atoms with Gasteiger partial charge in [0.2, 0.25) is 0 Å². The third kappa shape index (κ3) is 3.76. The summed E-state index contributed by atoms with van der Waals surface area (Å²) in [5, 5.41) is 6.57. The molecule has 0 amide bonds. The molecule has 148 valence electrons. The number of imidazole rings is 1. The highest BCUT2D eigenvalue weighted by molar-refractivity contribution is 7.13. The molecule has 1 saturated heterocycles. The summed E-state index contributed by atoms with van der Waals surface area (Å²) < 4.78 is 12.9. The second-order valence-corrected chi connectivity index (χ2v) is 7.66. The molecule has 1 aliphatic rings. The standard InChI is InChI=1S/C20H25N5O2S/c1-24-8-7-22-19(24)17-11-21-6-9-25(17)12-14-13-28-20(23-14)16-5-4-15(26-2)10-18(16)27-3/h4-5,7-8,10,13,17,21H,6,9,11-12H2,1-3H3. The van der Waals surface area contributed by atoms with Crippen molar-refractivity contribution < 1.29 is 9.47 Å². The summed E-state index contributed by atoms with van der Waals surface area (Å²) in [6.07, 6.45) is 3.86. The SMILES string of the molecule is COc1ccc(-c2nc(CN3CCNCC3c3nccn3C)cs2)c(OC)c1. The van der Waals surface area contributed by atoms with Gasteiger partial charge in [-0.2, -0.15) is 0 Å². The van der Waals surface area contributed by atoms with Crippen molar-refractivity contribution in [3.05, 3.63) is 47.5 Å². The van der Waals surface area contributed by atoms with Gasteiger partial charge in [-0.25, -0.2) is 9.97 Å². The fourth-order valence-electron chi connectivity index (χ4n) is 3.58. The summed E-state index contributed by atoms with van der Waals surface area (Å²) in [4.78, 5) is 11.9. The normalized spacial score (nSPS) is 17.6. The van der Waals surface area contributed by atoms with Crippen LogP contribution in [0.3, 0.4) is 0 Å². The van der Waals surface area contributed by atoms with Gasteiger partial charge in [0.1, 0.15) is 22.3 Å². The minimum Gasteiger partial charge on any atom is -0.497 e. The molecule has 0 saturated carbocycles. The maximum Gasteiger partial charge on any atom is 0.132 e. The van der Waals surface area contributed by atoms with E-state index in [1.54, 1.807) is 25.6 Å². The van der Waals surface area contributed by atoms with Crippen LogP contribution in [0.15, 0.2) is 36.0 Å². The fraction of sp³-hybridized carbons (Fsp3) is 0.400. The van der Waals surface area contributed by atoms with Crippen molar-refractivity contribution >= 4 is 11.3 Å². The first-order valence-corrected chi connectivity index (χ1v) is 10.2. The maximum atomic E-state index is 5.54. The number of rotatable bonds is 6. The van der Waals surface area contributed by atoms with E-state index in [4.69, 9.17) is 14.5 Å². The van der Waals surface area contributed by atoms with Gasteiger partial charge in [-0.15, -0.1) is 11.3 Å². The van der Waals surface area contributed by atoms with Crippen molar-refractivity contribution in [3.8, 4) is 22.1 Å². The molecule has 0 bridgehead atoms. The number of benzene rings is 1. The summed E-state index contributed by atoms with van der Waals surface area (Å²) >= 11 is 1.64. The van der Waals surface area contributed by atoms with Crippen molar-refractivity contribution in [1.82, 2.24) is 24.8 Å². The summed E-state index contributed by atoms with van der Waals surface area (Å²) in [6.45, 7) is 3.64. The van der Waals surface area contributed by atoms with Gasteiger partial charge in [-0.1, -0.05) is 0 Å². The van der Waals surface area contributed by atoms with Crippen LogP contribution < -0.4 is 14.8 Å². The Labute approximate surface area is 168 Å². The van der Waals surface area contributed by atoms with Crippen LogP contribution in [0, 0.1) is 0 Å². The molecule has 1 atom stereocenters. The highest BCUT2D eigenvalue weighted by Crippen LogP contribution is 2.35. The predicted octanol–water partition coefficient (Wildman–Crippen LogP) is 2.71. The Kier molecular flexibility index (Phi) is 5.61. The van der Waals surface area contributed by atoms with Gasteiger partial charge in [-0.3, -0.25) is 4.90 Å². The molecule has 1 unspecified atom stereocenters. The monoisotopic (exact) mass is 399 g/mol. The molecule has 4 rings (SSSR count). The molecule has 1 N–H and O–H groups in total. The van der Waals surface area contributed by atoms with Gasteiger partial charge < -0.3 is 19.4 Å². The zero-order chi connectivity index (χ0) is 19.5. The smallest absolute Gasteiger partial charge is 0.132 e. The zero-order valence-electron chi connectivity index (χ0n) is 16.4. The minimum absolute atomic E-state index is 0.245. The largest absolute Gasteiger partial charge is 0.497 e. The Bertz CT molecular complexity index is 938. The Morgan fingerprint density at radius 2 is 2.18 bits per heavy atom. The van der Waals surface area contributed by atoms with Crippen molar-refractivity contribution in [1.29, 1.82) is 0 Å². The second-order valence-electron chi connectivity index (χ2n) is 6.80. The van der Waals surface area contributed by atoms with Crippen LogP contribution in [-0.2, 0) is 13.6 Å². The average Bonchev–Trinajstić information content (AvgIpc) is 3.37. The van der Waals surface area contributed by atoms with Gasteiger partial charge in [0.05, 0.1) is 31.5 Å². The van der Waals surface area contributed by atoms with Gasteiger partial charge in [0, 0.05) is 57.1 Å². The molecule has 28 heavy (non-hydrogen) atoms. The van der Waals surface area contributed by atoms with Crippen molar-refractivity contribution in [3.63, 3.8) is 0 Å². The van der Waals surface area contributed by atoms with E-state index in [0.717, 1.165) is 59.8 Å². The molecule has 0 radical (unpaired) electrons. The molecule has 0 aliphatic carbocycles. The number of hydrogen-bond acceptors (Lipinski definition) is 7. The Morgan fingerprint density at radius 1 is 1.29 bits per heavy atom. The van der Waals surface area contributed by atoms with Crippen LogP contribution in [0.2, 0.25) is 0 Å². The molecule has 2 aromatic heterocycles. The summed E-state index contributed by atoms with van der Waals surface area (Å²) in [6, 6.07) is 6.08. The number of methoxy groups -OCH3 is 2. The molecule has 1 aliphatic heterocycles. The molecule has 1 aromatic carbocycles. The molecule has 1 fully saturated rings. The van der Waals surface area contributed by atoms with Crippen LogP contribution >= 0.6 is 11.3 Å². The van der Waals surface area contributed by atoms with Crippen molar-refractivity contribution in [2.24, 2.45) is 7.05 Å². The number of piperazine rings is 1. The van der Waals surface area contributed by atoms with Gasteiger partial charge in [-0.05, 0) is 12.1 Å². The predicted molar refractivity (Wildman–Crippen MR) is 110 cm³/mol. The third-order valence-corrected chi connectivity index (χ3v) is 5.99. The van der Waals surface area contributed by atoms with Crippen LogP contribution in [0.5, 0.6) is 11.5 Å². The van der Waals surface area contributed by atoms with Gasteiger partial charge in [0.15, 0.2) is 0 Å². The van der Waals surface area contributed by atoms with E-state index in [1.165, 1.54) is 0 Å². The van der Waals surface area contributed by atoms with Gasteiger partial charge >= 0.3 is 0 Å². The van der Waals surface area contributed by atoms with E-state index < -0.39 is 0 Å². The minimum atomic E-state index is 0.245. The molecule has 0 spiro atoms. The summed E-state index contributed by atoms with van der Waals surface area (Å²) in [7, 11) is 5.37. The van der Waals surface area contributed by atoms with E-state index in [9.17, 15) is 0 Å².